The van der Waals surface area contributed by atoms with E-state index in [0.29, 0.717) is 15.7 Å². The predicted octanol–water partition coefficient (Wildman–Crippen LogP) is 5.72. The average Bonchev–Trinajstić information content (AvgIpc) is 2.99. The lowest BCUT2D eigenvalue weighted by Crippen LogP contribution is -2.33. The second-order valence-corrected chi connectivity index (χ2v) is 9.78. The van der Waals surface area contributed by atoms with E-state index >= 15 is 0 Å². The Labute approximate surface area is 250 Å². The molecule has 0 aromatic heterocycles. The molecule has 0 aliphatic carbocycles. The molecule has 9 nitrogen and oxygen atoms in total. The highest BCUT2D eigenvalue weighted by molar-refractivity contribution is 9.10. The average molecular weight is 625 g/mol. The third-order valence-electron chi connectivity index (χ3n) is 5.70. The third-order valence-corrected chi connectivity index (χ3v) is 6.19. The normalized spacial score (nSPS) is 10.8. The topological polar surface area (TPSA) is 126 Å². The molecule has 10 heteroatoms. The monoisotopic (exact) mass is 624 g/mol. The number of carbonyl (C=O) groups is 4. The molecule has 42 heavy (non-hydrogen) atoms. The van der Waals surface area contributed by atoms with Crippen LogP contribution in [0.5, 0.6) is 5.75 Å². The van der Waals surface area contributed by atoms with Gasteiger partial charge in [-0.2, -0.15) is 5.10 Å². The molecule has 0 unspecified atom stereocenters. The van der Waals surface area contributed by atoms with E-state index in [0.717, 1.165) is 11.1 Å². The largest absolute Gasteiger partial charge is 0.423 e. The Morgan fingerprint density at radius 1 is 0.810 bits per heavy atom. The van der Waals surface area contributed by atoms with Crippen molar-refractivity contribution < 1.29 is 23.9 Å². The third kappa shape index (κ3) is 8.57. The smallest absolute Gasteiger partial charge is 0.336 e. The Morgan fingerprint density at radius 3 is 2.29 bits per heavy atom. The minimum Gasteiger partial charge on any atom is -0.423 e. The van der Waals surface area contributed by atoms with E-state index in [9.17, 15) is 19.2 Å². The van der Waals surface area contributed by atoms with Crippen molar-refractivity contribution >= 4 is 63.3 Å². The van der Waals surface area contributed by atoms with Gasteiger partial charge in [-0.05, 0) is 61.0 Å². The molecule has 0 aliphatic heterocycles. The fraction of sp³-hybridized carbons (Fsp3) is 0.0312. The lowest BCUT2D eigenvalue weighted by atomic mass is 10.1. The van der Waals surface area contributed by atoms with Crippen molar-refractivity contribution in [3.05, 3.63) is 130 Å². The number of nitrogens with one attached hydrogen (secondary N) is 3. The van der Waals surface area contributed by atoms with Crippen LogP contribution in [0, 0.1) is 6.92 Å². The number of para-hydroxylation sites is 1. The molecule has 0 fully saturated rings. The van der Waals surface area contributed by atoms with Crippen molar-refractivity contribution in [3.8, 4) is 5.75 Å². The molecule has 0 atom stereocenters. The first-order valence-corrected chi connectivity index (χ1v) is 13.4. The van der Waals surface area contributed by atoms with Crippen LogP contribution in [0.3, 0.4) is 0 Å². The molecular weight excluding hydrogens is 600 g/mol. The van der Waals surface area contributed by atoms with Gasteiger partial charge in [-0.15, -0.1) is 0 Å². The summed E-state index contributed by atoms with van der Waals surface area (Å²) in [5.74, 6) is -2.97. The van der Waals surface area contributed by atoms with E-state index in [1.54, 1.807) is 48.5 Å². The Bertz CT molecular complexity index is 1670. The number of benzene rings is 4. The van der Waals surface area contributed by atoms with Crippen LogP contribution in [-0.4, -0.2) is 29.9 Å². The number of carbonyl (C=O) groups excluding carboxylic acids is 4. The first-order chi connectivity index (χ1) is 20.3. The second-order valence-electron chi connectivity index (χ2n) is 8.87. The maximum Gasteiger partial charge on any atom is 0.336 e. The molecule has 0 heterocycles. The summed E-state index contributed by atoms with van der Waals surface area (Å²) in [6, 6.07) is 27.7. The van der Waals surface area contributed by atoms with Gasteiger partial charge in [-0.25, -0.2) is 10.2 Å². The molecule has 0 saturated heterocycles. The van der Waals surface area contributed by atoms with Crippen LogP contribution in [0.25, 0.3) is 6.08 Å². The number of nitrogens with zero attached hydrogens (tertiary/aromatic N) is 1. The minimum absolute atomic E-state index is 0.149. The van der Waals surface area contributed by atoms with E-state index in [4.69, 9.17) is 4.74 Å². The summed E-state index contributed by atoms with van der Waals surface area (Å²) in [5, 5.41) is 9.03. The molecule has 4 aromatic carbocycles. The van der Waals surface area contributed by atoms with Crippen molar-refractivity contribution in [3.63, 3.8) is 0 Å². The number of ether oxygens (including phenoxy) is 1. The van der Waals surface area contributed by atoms with Crippen LogP contribution in [0.2, 0.25) is 0 Å². The summed E-state index contributed by atoms with van der Waals surface area (Å²) in [6.45, 7) is 1.93. The summed E-state index contributed by atoms with van der Waals surface area (Å²) in [6.07, 6.45) is 4.16. The van der Waals surface area contributed by atoms with Gasteiger partial charge >= 0.3 is 17.8 Å². The fourth-order valence-electron chi connectivity index (χ4n) is 3.60. The number of halogens is 1. The number of rotatable bonds is 8. The van der Waals surface area contributed by atoms with Crippen LogP contribution >= 0.6 is 15.9 Å². The zero-order chi connectivity index (χ0) is 29.9. The van der Waals surface area contributed by atoms with E-state index in [2.05, 4.69) is 37.1 Å². The summed E-state index contributed by atoms with van der Waals surface area (Å²) in [4.78, 5) is 50.2. The SMILES string of the molecule is Cc1ccc(NC(=O)c2ccccc2NC(=O)C(=O)N/N=C\c2cc(Br)ccc2OC(=O)/C=C/c2ccccc2)cc1. The lowest BCUT2D eigenvalue weighted by molar-refractivity contribution is -0.136. The van der Waals surface area contributed by atoms with Crippen molar-refractivity contribution in [2.75, 3.05) is 10.6 Å². The Hall–Kier alpha value is -5.35. The van der Waals surface area contributed by atoms with Gasteiger partial charge in [0.05, 0.1) is 17.5 Å². The molecule has 3 amide bonds. The van der Waals surface area contributed by atoms with Crippen LogP contribution in [-0.2, 0) is 14.4 Å². The van der Waals surface area contributed by atoms with Crippen molar-refractivity contribution in [1.82, 2.24) is 5.43 Å². The molecule has 4 rings (SSSR count). The number of hydrogen-bond acceptors (Lipinski definition) is 6. The molecule has 0 radical (unpaired) electrons. The van der Waals surface area contributed by atoms with Crippen LogP contribution in [0.15, 0.2) is 113 Å². The molecule has 210 valence electrons. The number of anilines is 2. The zero-order valence-corrected chi connectivity index (χ0v) is 23.9. The highest BCUT2D eigenvalue weighted by Crippen LogP contribution is 2.22. The summed E-state index contributed by atoms with van der Waals surface area (Å²) >= 11 is 3.35. The van der Waals surface area contributed by atoms with E-state index in [1.165, 1.54) is 24.4 Å². The van der Waals surface area contributed by atoms with Gasteiger partial charge in [0.1, 0.15) is 5.75 Å². The maximum atomic E-state index is 12.8. The van der Waals surface area contributed by atoms with Crippen LogP contribution in [0.4, 0.5) is 11.4 Å². The van der Waals surface area contributed by atoms with E-state index in [-0.39, 0.29) is 17.0 Å². The van der Waals surface area contributed by atoms with Crippen molar-refractivity contribution in [2.24, 2.45) is 5.10 Å². The van der Waals surface area contributed by atoms with Gasteiger partial charge < -0.3 is 15.4 Å². The highest BCUT2D eigenvalue weighted by atomic mass is 79.9. The van der Waals surface area contributed by atoms with Crippen LogP contribution < -0.4 is 20.8 Å². The first-order valence-electron chi connectivity index (χ1n) is 12.6. The van der Waals surface area contributed by atoms with Gasteiger partial charge in [-0.1, -0.05) is 76.1 Å². The fourth-order valence-corrected chi connectivity index (χ4v) is 3.98. The number of hydrogen-bond donors (Lipinski definition) is 3. The van der Waals surface area contributed by atoms with Gasteiger partial charge in [-0.3, -0.25) is 14.4 Å². The Morgan fingerprint density at radius 2 is 1.52 bits per heavy atom. The molecule has 0 bridgehead atoms. The summed E-state index contributed by atoms with van der Waals surface area (Å²) < 4.78 is 6.10. The van der Waals surface area contributed by atoms with E-state index < -0.39 is 23.7 Å². The van der Waals surface area contributed by atoms with Gasteiger partial charge in [0.15, 0.2) is 0 Å². The van der Waals surface area contributed by atoms with E-state index in [1.807, 2.05) is 49.4 Å². The molecule has 0 spiro atoms. The maximum absolute atomic E-state index is 12.8. The zero-order valence-electron chi connectivity index (χ0n) is 22.3. The molecule has 4 aromatic rings. The van der Waals surface area contributed by atoms with Gasteiger partial charge in [0, 0.05) is 21.8 Å². The Kier molecular flexibility index (Phi) is 10.1. The minimum atomic E-state index is -1.07. The van der Waals surface area contributed by atoms with Crippen molar-refractivity contribution in [1.29, 1.82) is 0 Å². The number of amides is 3. The molecule has 3 N–H and O–H groups in total. The summed E-state index contributed by atoms with van der Waals surface area (Å²) in [5.41, 5.74) is 5.29. The second kappa shape index (κ2) is 14.3. The first kappa shape index (κ1) is 29.6. The van der Waals surface area contributed by atoms with Crippen LogP contribution in [0.1, 0.15) is 27.0 Å². The Balaban J connectivity index is 1.38. The van der Waals surface area contributed by atoms with Gasteiger partial charge in [0.2, 0.25) is 0 Å². The molecule has 0 saturated carbocycles. The number of hydrazone groups is 1. The standard InChI is InChI=1S/C32H25BrN4O5/c1-21-11-15-25(16-12-21)35-30(39)26-9-5-6-10-27(26)36-31(40)32(41)37-34-20-23-19-24(33)14-17-28(23)42-29(38)18-13-22-7-3-2-4-8-22/h2-20H,1H3,(H,35,39)(H,36,40)(H,37,41)/b18-13+,34-20-. The molecule has 0 aliphatic rings. The molecular formula is C32H25BrN4O5. The summed E-state index contributed by atoms with van der Waals surface area (Å²) in [7, 11) is 0. The number of esters is 1. The number of aryl methyl sites for hydroxylation is 1. The predicted molar refractivity (Wildman–Crippen MR) is 165 cm³/mol. The quantitative estimate of drug-likeness (QED) is 0.0577. The van der Waals surface area contributed by atoms with Crippen molar-refractivity contribution in [2.45, 2.75) is 6.92 Å². The highest BCUT2D eigenvalue weighted by Gasteiger charge is 2.18. The lowest BCUT2D eigenvalue weighted by Gasteiger charge is -2.11. The van der Waals surface area contributed by atoms with Gasteiger partial charge in [0.25, 0.3) is 5.91 Å².